The minimum absolute atomic E-state index is 0.339. The Labute approximate surface area is 93.9 Å². The van der Waals surface area contributed by atoms with Gasteiger partial charge in [-0.2, -0.15) is 0 Å². The smallest absolute Gasteiger partial charge is 0.235 e. The molecule has 0 bridgehead atoms. The van der Waals surface area contributed by atoms with Gasteiger partial charge in [-0.25, -0.2) is 9.79 Å². The summed E-state index contributed by atoms with van der Waals surface area (Å²) in [5.41, 5.74) is 1.95. The van der Waals surface area contributed by atoms with E-state index in [1.54, 1.807) is 0 Å². The Bertz CT molecular complexity index is 436. The number of benzene rings is 1. The molecule has 0 aromatic heterocycles. The Balaban J connectivity index is 2.37. The number of carbonyl (C=O) groups excluding carboxylic acids is 1. The first kappa shape index (κ1) is 10.7. The highest BCUT2D eigenvalue weighted by Crippen LogP contribution is 2.35. The van der Waals surface area contributed by atoms with Crippen molar-refractivity contribution in [2.75, 3.05) is 13.2 Å². The Morgan fingerprint density at radius 1 is 1.38 bits per heavy atom. The summed E-state index contributed by atoms with van der Waals surface area (Å²) in [5.74, 6) is 1.55. The lowest BCUT2D eigenvalue weighted by Gasteiger charge is -2.12. The Kier molecular flexibility index (Phi) is 3.22. The van der Waals surface area contributed by atoms with Gasteiger partial charge in [0.2, 0.25) is 6.08 Å². The van der Waals surface area contributed by atoms with Crippen molar-refractivity contribution in [2.45, 2.75) is 19.9 Å². The van der Waals surface area contributed by atoms with Gasteiger partial charge in [0.1, 0.15) is 0 Å². The fourth-order valence-electron chi connectivity index (χ4n) is 1.70. The summed E-state index contributed by atoms with van der Waals surface area (Å²) in [5, 5.41) is 0. The van der Waals surface area contributed by atoms with Crippen LogP contribution in [0, 0.1) is 6.92 Å². The lowest BCUT2D eigenvalue weighted by Crippen LogP contribution is -1.98. The summed E-state index contributed by atoms with van der Waals surface area (Å²) < 4.78 is 11.2. The molecule has 4 nitrogen and oxygen atoms in total. The molecule has 0 atom stereocenters. The first-order valence-electron chi connectivity index (χ1n) is 5.24. The highest BCUT2D eigenvalue weighted by Gasteiger charge is 2.14. The fraction of sp³-hybridized carbons (Fsp3) is 0.417. The SMILES string of the molecule is Cc1c(CN=C=O)ccc2c1OCCCO2. The molecule has 1 aromatic rings. The second-order valence-electron chi connectivity index (χ2n) is 3.63. The summed E-state index contributed by atoms with van der Waals surface area (Å²) in [4.78, 5) is 13.7. The maximum Gasteiger partial charge on any atom is 0.235 e. The quantitative estimate of drug-likeness (QED) is 0.564. The molecule has 0 saturated carbocycles. The van der Waals surface area contributed by atoms with Crippen LogP contribution in [0.1, 0.15) is 17.5 Å². The molecule has 0 aliphatic carbocycles. The van der Waals surface area contributed by atoms with Crippen molar-refractivity contribution in [3.8, 4) is 11.5 Å². The van der Waals surface area contributed by atoms with E-state index < -0.39 is 0 Å². The molecular formula is C12H13NO3. The van der Waals surface area contributed by atoms with Crippen LogP contribution < -0.4 is 9.47 Å². The number of nitrogens with zero attached hydrogens (tertiary/aromatic N) is 1. The first-order valence-corrected chi connectivity index (χ1v) is 5.24. The lowest BCUT2D eigenvalue weighted by atomic mass is 10.1. The van der Waals surface area contributed by atoms with Gasteiger partial charge in [-0.3, -0.25) is 0 Å². The molecular weight excluding hydrogens is 206 g/mol. The first-order chi connectivity index (χ1) is 7.83. The molecule has 1 aromatic carbocycles. The van der Waals surface area contributed by atoms with Crippen molar-refractivity contribution >= 4 is 6.08 Å². The molecule has 16 heavy (non-hydrogen) atoms. The number of ether oxygens (including phenoxy) is 2. The molecule has 0 spiro atoms. The molecule has 1 heterocycles. The van der Waals surface area contributed by atoms with Gasteiger partial charge in [0.15, 0.2) is 11.5 Å². The molecule has 2 rings (SSSR count). The van der Waals surface area contributed by atoms with Crippen molar-refractivity contribution in [2.24, 2.45) is 4.99 Å². The summed E-state index contributed by atoms with van der Waals surface area (Å²) in [6.07, 6.45) is 2.42. The molecule has 0 radical (unpaired) electrons. The van der Waals surface area contributed by atoms with Gasteiger partial charge in [0.25, 0.3) is 0 Å². The summed E-state index contributed by atoms with van der Waals surface area (Å²) in [6.45, 7) is 3.63. The number of hydrogen-bond acceptors (Lipinski definition) is 4. The Morgan fingerprint density at radius 3 is 3.00 bits per heavy atom. The van der Waals surface area contributed by atoms with Gasteiger partial charge < -0.3 is 9.47 Å². The molecule has 0 saturated heterocycles. The molecule has 0 N–H and O–H groups in total. The van der Waals surface area contributed by atoms with Gasteiger partial charge in [-0.05, 0) is 24.1 Å². The monoisotopic (exact) mass is 219 g/mol. The summed E-state index contributed by atoms with van der Waals surface area (Å²) in [7, 11) is 0. The Hall–Kier alpha value is -1.80. The summed E-state index contributed by atoms with van der Waals surface area (Å²) in [6, 6.07) is 3.77. The average molecular weight is 219 g/mol. The van der Waals surface area contributed by atoms with E-state index in [0.717, 1.165) is 29.0 Å². The van der Waals surface area contributed by atoms with Crippen LogP contribution in [0.5, 0.6) is 11.5 Å². The number of isocyanates is 1. The topological polar surface area (TPSA) is 47.9 Å². The molecule has 1 aliphatic rings. The van der Waals surface area contributed by atoms with Gasteiger partial charge in [-0.15, -0.1) is 0 Å². The highest BCUT2D eigenvalue weighted by atomic mass is 16.5. The van der Waals surface area contributed by atoms with Gasteiger partial charge in [-0.1, -0.05) is 6.07 Å². The zero-order valence-electron chi connectivity index (χ0n) is 9.16. The van der Waals surface area contributed by atoms with Crippen molar-refractivity contribution in [3.05, 3.63) is 23.3 Å². The minimum atomic E-state index is 0.339. The van der Waals surface area contributed by atoms with Crippen LogP contribution in [0.3, 0.4) is 0 Å². The molecule has 4 heteroatoms. The van der Waals surface area contributed by atoms with Crippen molar-refractivity contribution < 1.29 is 14.3 Å². The average Bonchev–Trinajstić information content (AvgIpc) is 2.54. The predicted molar refractivity (Wildman–Crippen MR) is 58.6 cm³/mol. The summed E-state index contributed by atoms with van der Waals surface area (Å²) >= 11 is 0. The van der Waals surface area contributed by atoms with Gasteiger partial charge in [0, 0.05) is 6.42 Å². The van der Waals surface area contributed by atoms with Crippen molar-refractivity contribution in [3.63, 3.8) is 0 Å². The third-order valence-electron chi connectivity index (χ3n) is 2.59. The number of rotatable bonds is 2. The second-order valence-corrected chi connectivity index (χ2v) is 3.63. The Morgan fingerprint density at radius 2 is 2.19 bits per heavy atom. The van der Waals surface area contributed by atoms with Crippen LogP contribution in [-0.2, 0) is 11.3 Å². The van der Waals surface area contributed by atoms with E-state index in [9.17, 15) is 4.79 Å². The largest absolute Gasteiger partial charge is 0.490 e. The van der Waals surface area contributed by atoms with E-state index >= 15 is 0 Å². The maximum atomic E-state index is 10.1. The van der Waals surface area contributed by atoms with Crippen LogP contribution in [0.4, 0.5) is 0 Å². The third kappa shape index (κ3) is 2.07. The second kappa shape index (κ2) is 4.81. The van der Waals surface area contributed by atoms with Crippen molar-refractivity contribution in [1.29, 1.82) is 0 Å². The fourth-order valence-corrected chi connectivity index (χ4v) is 1.70. The standard InChI is InChI=1S/C12H13NO3/c1-9-10(7-13-8-14)3-4-11-12(9)16-6-2-5-15-11/h3-4H,2,5-7H2,1H3. The normalized spacial score (nSPS) is 13.8. The molecule has 0 amide bonds. The van der Waals surface area contributed by atoms with E-state index in [1.165, 1.54) is 6.08 Å². The van der Waals surface area contributed by atoms with Crippen LogP contribution in [0.25, 0.3) is 0 Å². The van der Waals surface area contributed by atoms with E-state index in [4.69, 9.17) is 9.47 Å². The minimum Gasteiger partial charge on any atom is -0.490 e. The van der Waals surface area contributed by atoms with Crippen molar-refractivity contribution in [1.82, 2.24) is 0 Å². The number of fused-ring (bicyclic) bond motifs is 1. The predicted octanol–water partition coefficient (Wildman–Crippen LogP) is 1.99. The van der Waals surface area contributed by atoms with Gasteiger partial charge >= 0.3 is 0 Å². The number of hydrogen-bond donors (Lipinski definition) is 0. The van der Waals surface area contributed by atoms with Crippen LogP contribution >= 0.6 is 0 Å². The van der Waals surface area contributed by atoms with Crippen LogP contribution in [0.2, 0.25) is 0 Å². The van der Waals surface area contributed by atoms with E-state index in [0.29, 0.717) is 19.8 Å². The molecule has 0 fully saturated rings. The van der Waals surface area contributed by atoms with Gasteiger partial charge in [0.05, 0.1) is 19.8 Å². The molecule has 0 unspecified atom stereocenters. The number of aliphatic imine (C=N–C) groups is 1. The third-order valence-corrected chi connectivity index (χ3v) is 2.59. The highest BCUT2D eigenvalue weighted by molar-refractivity contribution is 5.50. The van der Waals surface area contributed by atoms with E-state index in [2.05, 4.69) is 4.99 Å². The zero-order valence-corrected chi connectivity index (χ0v) is 9.16. The van der Waals surface area contributed by atoms with E-state index in [-0.39, 0.29) is 0 Å². The zero-order chi connectivity index (χ0) is 11.4. The molecule has 1 aliphatic heterocycles. The van der Waals surface area contributed by atoms with Crippen LogP contribution in [-0.4, -0.2) is 19.3 Å². The lowest BCUT2D eigenvalue weighted by molar-refractivity contribution is 0.296. The van der Waals surface area contributed by atoms with E-state index in [1.807, 2.05) is 19.1 Å². The molecule has 84 valence electrons. The van der Waals surface area contributed by atoms with Crippen LogP contribution in [0.15, 0.2) is 17.1 Å². The maximum absolute atomic E-state index is 10.1.